The number of carbonyl (C=O) groups is 1. The van der Waals surface area contributed by atoms with Crippen LogP contribution in [0.15, 0.2) is 24.3 Å². The van der Waals surface area contributed by atoms with Gasteiger partial charge in [0.25, 0.3) is 0 Å². The molecule has 0 spiro atoms. The second kappa shape index (κ2) is 8.54. The fraction of sp³-hybridized carbons (Fsp3) is 0.562. The van der Waals surface area contributed by atoms with Crippen LogP contribution >= 0.6 is 23.4 Å². The molecule has 0 radical (unpaired) electrons. The molecule has 116 valence electrons. The molecular formula is C16H22ClNO2S. The molecule has 1 saturated heterocycles. The molecule has 1 aromatic rings. The third kappa shape index (κ3) is 5.44. The van der Waals surface area contributed by atoms with Crippen molar-refractivity contribution in [1.29, 1.82) is 0 Å². The van der Waals surface area contributed by atoms with Gasteiger partial charge in [-0.3, -0.25) is 4.79 Å². The number of hydrogen-bond donors (Lipinski definition) is 0. The fourth-order valence-corrected chi connectivity index (χ4v) is 3.27. The van der Waals surface area contributed by atoms with Crippen LogP contribution in [0.4, 0.5) is 0 Å². The van der Waals surface area contributed by atoms with Crippen LogP contribution in [0.3, 0.4) is 0 Å². The second-order valence-corrected chi connectivity index (χ2v) is 6.83. The zero-order chi connectivity index (χ0) is 15.1. The minimum atomic E-state index is 0.263. The molecule has 1 aromatic carbocycles. The maximum absolute atomic E-state index is 12.1. The predicted molar refractivity (Wildman–Crippen MR) is 89.3 cm³/mol. The van der Waals surface area contributed by atoms with E-state index in [4.69, 9.17) is 16.3 Å². The molecule has 1 unspecified atom stereocenters. The van der Waals surface area contributed by atoms with Crippen LogP contribution in [0.1, 0.15) is 26.2 Å². The molecule has 5 heteroatoms. The molecule has 1 atom stereocenters. The average molecular weight is 328 g/mol. The quantitative estimate of drug-likeness (QED) is 0.743. The van der Waals surface area contributed by atoms with Crippen molar-refractivity contribution in [2.24, 2.45) is 0 Å². The Balaban J connectivity index is 1.61. The molecule has 2 rings (SSSR count). The van der Waals surface area contributed by atoms with Crippen molar-refractivity contribution in [3.8, 4) is 5.75 Å². The number of hydrogen-bond acceptors (Lipinski definition) is 3. The summed E-state index contributed by atoms with van der Waals surface area (Å²) in [4.78, 5) is 14.2. The average Bonchev–Trinajstić information content (AvgIpc) is 2.49. The van der Waals surface area contributed by atoms with E-state index in [0.29, 0.717) is 23.4 Å². The third-order valence-electron chi connectivity index (χ3n) is 3.66. The molecule has 1 heterocycles. The number of halogens is 1. The van der Waals surface area contributed by atoms with Gasteiger partial charge in [-0.05, 0) is 50.5 Å². The van der Waals surface area contributed by atoms with Gasteiger partial charge < -0.3 is 9.64 Å². The summed E-state index contributed by atoms with van der Waals surface area (Å²) >= 11 is 7.45. The highest BCUT2D eigenvalue weighted by Crippen LogP contribution is 2.18. The number of amides is 1. The van der Waals surface area contributed by atoms with Crippen LogP contribution in [0.25, 0.3) is 0 Å². The Morgan fingerprint density at radius 1 is 1.38 bits per heavy atom. The fourth-order valence-electron chi connectivity index (χ4n) is 2.46. The third-order valence-corrected chi connectivity index (χ3v) is 4.82. The van der Waals surface area contributed by atoms with Crippen molar-refractivity contribution in [3.63, 3.8) is 0 Å². The number of likely N-dealkylation sites (tertiary alicyclic amines) is 1. The minimum Gasteiger partial charge on any atom is -0.493 e. The van der Waals surface area contributed by atoms with Crippen LogP contribution in [0.2, 0.25) is 5.02 Å². The highest BCUT2D eigenvalue weighted by Gasteiger charge is 2.22. The SMILES string of the molecule is CC1CCCCN1C(=O)CSCCOc1ccc(Cl)cc1. The first-order valence-corrected chi connectivity index (χ1v) is 8.95. The lowest BCUT2D eigenvalue weighted by atomic mass is 10.0. The van der Waals surface area contributed by atoms with E-state index in [1.165, 1.54) is 6.42 Å². The van der Waals surface area contributed by atoms with Gasteiger partial charge in [-0.2, -0.15) is 0 Å². The van der Waals surface area contributed by atoms with Crippen LogP contribution in [0, 0.1) is 0 Å². The normalized spacial score (nSPS) is 18.6. The summed E-state index contributed by atoms with van der Waals surface area (Å²) in [5.41, 5.74) is 0. The van der Waals surface area contributed by atoms with E-state index in [2.05, 4.69) is 6.92 Å². The Morgan fingerprint density at radius 2 is 2.14 bits per heavy atom. The Hall–Kier alpha value is -0.870. The number of ether oxygens (including phenoxy) is 1. The number of thioether (sulfide) groups is 1. The highest BCUT2D eigenvalue weighted by atomic mass is 35.5. The van der Waals surface area contributed by atoms with E-state index >= 15 is 0 Å². The van der Waals surface area contributed by atoms with E-state index in [-0.39, 0.29) is 5.91 Å². The Morgan fingerprint density at radius 3 is 2.86 bits per heavy atom. The van der Waals surface area contributed by atoms with Gasteiger partial charge in [-0.1, -0.05) is 11.6 Å². The summed E-state index contributed by atoms with van der Waals surface area (Å²) < 4.78 is 5.61. The van der Waals surface area contributed by atoms with Crippen molar-refractivity contribution < 1.29 is 9.53 Å². The van der Waals surface area contributed by atoms with Crippen LogP contribution in [-0.2, 0) is 4.79 Å². The van der Waals surface area contributed by atoms with Gasteiger partial charge in [0.1, 0.15) is 5.75 Å². The predicted octanol–water partition coefficient (Wildman–Crippen LogP) is 3.85. The van der Waals surface area contributed by atoms with Crippen LogP contribution in [0.5, 0.6) is 5.75 Å². The molecule has 0 N–H and O–H groups in total. The van der Waals surface area contributed by atoms with Crippen molar-refractivity contribution in [3.05, 3.63) is 29.3 Å². The number of rotatable bonds is 6. The largest absolute Gasteiger partial charge is 0.493 e. The first-order valence-electron chi connectivity index (χ1n) is 7.42. The summed E-state index contributed by atoms with van der Waals surface area (Å²) in [5.74, 6) is 2.44. The van der Waals surface area contributed by atoms with E-state index in [1.807, 2.05) is 29.2 Å². The Labute approximate surface area is 136 Å². The Kier molecular flexibility index (Phi) is 6.71. The molecule has 0 aliphatic carbocycles. The summed E-state index contributed by atoms with van der Waals surface area (Å²) in [6, 6.07) is 7.73. The van der Waals surface area contributed by atoms with Gasteiger partial charge in [-0.25, -0.2) is 0 Å². The van der Waals surface area contributed by atoms with Crippen LogP contribution in [-0.4, -0.2) is 41.5 Å². The van der Waals surface area contributed by atoms with Crippen molar-refractivity contribution >= 4 is 29.3 Å². The smallest absolute Gasteiger partial charge is 0.232 e. The van der Waals surface area contributed by atoms with Gasteiger partial charge >= 0.3 is 0 Å². The first-order chi connectivity index (χ1) is 10.2. The molecule has 1 amide bonds. The van der Waals surface area contributed by atoms with Gasteiger partial charge in [0, 0.05) is 23.4 Å². The number of nitrogens with zero attached hydrogens (tertiary/aromatic N) is 1. The maximum Gasteiger partial charge on any atom is 0.232 e. The molecular weight excluding hydrogens is 306 g/mol. The minimum absolute atomic E-state index is 0.263. The monoisotopic (exact) mass is 327 g/mol. The lowest BCUT2D eigenvalue weighted by Crippen LogP contribution is -2.43. The van der Waals surface area contributed by atoms with E-state index in [1.54, 1.807) is 11.8 Å². The van der Waals surface area contributed by atoms with E-state index in [9.17, 15) is 4.79 Å². The van der Waals surface area contributed by atoms with Gasteiger partial charge in [-0.15, -0.1) is 11.8 Å². The van der Waals surface area contributed by atoms with E-state index in [0.717, 1.165) is 30.9 Å². The Bertz CT molecular complexity index is 452. The van der Waals surface area contributed by atoms with Crippen molar-refractivity contribution in [2.45, 2.75) is 32.2 Å². The second-order valence-electron chi connectivity index (χ2n) is 5.29. The summed E-state index contributed by atoms with van der Waals surface area (Å²) in [6.07, 6.45) is 3.52. The standard InChI is InChI=1S/C16H22ClNO2S/c1-13-4-2-3-9-18(13)16(19)12-21-11-10-20-15-7-5-14(17)6-8-15/h5-8,13H,2-4,9-12H2,1H3. The number of piperidine rings is 1. The lowest BCUT2D eigenvalue weighted by molar-refractivity contribution is -0.131. The highest BCUT2D eigenvalue weighted by molar-refractivity contribution is 7.99. The molecule has 1 fully saturated rings. The van der Waals surface area contributed by atoms with Crippen molar-refractivity contribution in [1.82, 2.24) is 4.90 Å². The summed E-state index contributed by atoms with van der Waals surface area (Å²) in [7, 11) is 0. The van der Waals surface area contributed by atoms with E-state index < -0.39 is 0 Å². The maximum atomic E-state index is 12.1. The number of carbonyl (C=O) groups excluding carboxylic acids is 1. The molecule has 21 heavy (non-hydrogen) atoms. The summed E-state index contributed by atoms with van der Waals surface area (Å²) in [6.45, 7) is 3.67. The zero-order valence-corrected chi connectivity index (χ0v) is 14.0. The zero-order valence-electron chi connectivity index (χ0n) is 12.4. The van der Waals surface area contributed by atoms with Gasteiger partial charge in [0.05, 0.1) is 12.4 Å². The molecule has 0 bridgehead atoms. The molecule has 0 saturated carbocycles. The number of benzene rings is 1. The van der Waals surface area contributed by atoms with Crippen LogP contribution < -0.4 is 4.74 Å². The van der Waals surface area contributed by atoms with Gasteiger partial charge in [0.15, 0.2) is 0 Å². The topological polar surface area (TPSA) is 29.5 Å². The lowest BCUT2D eigenvalue weighted by Gasteiger charge is -2.33. The molecule has 0 aromatic heterocycles. The first kappa shape index (κ1) is 16.5. The van der Waals surface area contributed by atoms with Gasteiger partial charge in [0.2, 0.25) is 5.91 Å². The van der Waals surface area contributed by atoms with Crippen molar-refractivity contribution in [2.75, 3.05) is 24.7 Å². The molecule has 1 aliphatic rings. The molecule has 3 nitrogen and oxygen atoms in total. The molecule has 1 aliphatic heterocycles. The summed E-state index contributed by atoms with van der Waals surface area (Å²) in [5, 5.41) is 0.706.